The van der Waals surface area contributed by atoms with Crippen LogP contribution in [0, 0.1) is 5.82 Å². The highest BCUT2D eigenvalue weighted by atomic mass is 19.1. The van der Waals surface area contributed by atoms with Crippen LogP contribution in [-0.4, -0.2) is 64.6 Å². The lowest BCUT2D eigenvalue weighted by Gasteiger charge is -2.36. The maximum absolute atomic E-state index is 14.0. The van der Waals surface area contributed by atoms with E-state index < -0.39 is 0 Å². The Bertz CT molecular complexity index is 1370. The van der Waals surface area contributed by atoms with E-state index in [4.69, 9.17) is 19.6 Å². The number of halogens is 1. The number of pyridine rings is 1. The van der Waals surface area contributed by atoms with Crippen molar-refractivity contribution in [2.24, 2.45) is 0 Å². The first-order chi connectivity index (χ1) is 17.5. The molecule has 0 amide bonds. The van der Waals surface area contributed by atoms with Crippen molar-refractivity contribution in [2.45, 2.75) is 32.1 Å². The number of ether oxygens (including phenoxy) is 2. The summed E-state index contributed by atoms with van der Waals surface area (Å²) in [4.78, 5) is 14.0. The van der Waals surface area contributed by atoms with Gasteiger partial charge in [-0.25, -0.2) is 18.9 Å². The number of fused-ring (bicyclic) bond motifs is 1. The van der Waals surface area contributed by atoms with Crippen LogP contribution in [0.15, 0.2) is 60.8 Å². The SMILES string of the molecule is CC1CN(c2cccc(-c3cnc4ccc(N5CCOCC5c5cccc(F)c5)nn34)n2)CC(C)O1. The van der Waals surface area contributed by atoms with Gasteiger partial charge < -0.3 is 19.3 Å². The minimum absolute atomic E-state index is 0.127. The minimum atomic E-state index is -0.256. The minimum Gasteiger partial charge on any atom is -0.377 e. The van der Waals surface area contributed by atoms with Crippen molar-refractivity contribution in [3.8, 4) is 11.4 Å². The highest BCUT2D eigenvalue weighted by Gasteiger charge is 2.27. The zero-order valence-electron chi connectivity index (χ0n) is 20.4. The second-order valence-corrected chi connectivity index (χ2v) is 9.49. The summed E-state index contributed by atoms with van der Waals surface area (Å²) in [5.41, 5.74) is 3.23. The van der Waals surface area contributed by atoms with E-state index >= 15 is 0 Å². The van der Waals surface area contributed by atoms with Crippen molar-refractivity contribution in [3.63, 3.8) is 0 Å². The Kier molecular flexibility index (Phi) is 6.02. The first-order valence-corrected chi connectivity index (χ1v) is 12.4. The third-order valence-corrected chi connectivity index (χ3v) is 6.74. The molecular formula is C27H29FN6O2. The van der Waals surface area contributed by atoms with Crippen LogP contribution in [-0.2, 0) is 9.47 Å². The van der Waals surface area contributed by atoms with Crippen LogP contribution < -0.4 is 9.80 Å². The van der Waals surface area contributed by atoms with E-state index in [2.05, 4.69) is 28.6 Å². The molecule has 5 heterocycles. The Labute approximate surface area is 209 Å². The molecule has 0 aliphatic carbocycles. The van der Waals surface area contributed by atoms with Crippen LogP contribution in [0.5, 0.6) is 0 Å². The normalized spacial score (nSPS) is 22.8. The lowest BCUT2D eigenvalue weighted by atomic mass is 10.0. The summed E-state index contributed by atoms with van der Waals surface area (Å²) in [6.45, 7) is 7.49. The van der Waals surface area contributed by atoms with E-state index in [1.54, 1.807) is 12.1 Å². The average Bonchev–Trinajstić information content (AvgIpc) is 3.32. The number of rotatable bonds is 4. The predicted octanol–water partition coefficient (Wildman–Crippen LogP) is 4.12. The van der Waals surface area contributed by atoms with Gasteiger partial charge in [0.25, 0.3) is 0 Å². The molecule has 4 aromatic rings. The Morgan fingerprint density at radius 3 is 2.64 bits per heavy atom. The Balaban J connectivity index is 1.35. The molecule has 6 rings (SSSR count). The molecule has 0 saturated carbocycles. The molecule has 3 unspecified atom stereocenters. The van der Waals surface area contributed by atoms with E-state index in [1.807, 2.05) is 47.1 Å². The fraction of sp³-hybridized carbons (Fsp3) is 0.370. The molecule has 2 aliphatic heterocycles. The lowest BCUT2D eigenvalue weighted by Crippen LogP contribution is -2.45. The maximum atomic E-state index is 14.0. The van der Waals surface area contributed by atoms with E-state index in [1.165, 1.54) is 6.07 Å². The van der Waals surface area contributed by atoms with Gasteiger partial charge in [-0.1, -0.05) is 18.2 Å². The highest BCUT2D eigenvalue weighted by Crippen LogP contribution is 2.30. The Hall–Kier alpha value is -3.56. The number of hydrogen-bond donors (Lipinski definition) is 0. The van der Waals surface area contributed by atoms with Crippen molar-refractivity contribution in [2.75, 3.05) is 42.6 Å². The van der Waals surface area contributed by atoms with Gasteiger partial charge >= 0.3 is 0 Å². The first-order valence-electron chi connectivity index (χ1n) is 12.4. The van der Waals surface area contributed by atoms with Gasteiger partial charge in [0.2, 0.25) is 0 Å². The molecular weight excluding hydrogens is 459 g/mol. The third-order valence-electron chi connectivity index (χ3n) is 6.74. The van der Waals surface area contributed by atoms with E-state index in [9.17, 15) is 4.39 Å². The topological polar surface area (TPSA) is 68.0 Å². The number of benzene rings is 1. The summed E-state index contributed by atoms with van der Waals surface area (Å²) in [5, 5.41) is 4.96. The molecule has 3 aromatic heterocycles. The van der Waals surface area contributed by atoms with Gasteiger partial charge in [-0.15, -0.1) is 5.10 Å². The highest BCUT2D eigenvalue weighted by molar-refractivity contribution is 5.62. The van der Waals surface area contributed by atoms with Crippen LogP contribution in [0.1, 0.15) is 25.5 Å². The fourth-order valence-corrected chi connectivity index (χ4v) is 5.17. The van der Waals surface area contributed by atoms with Crippen molar-refractivity contribution in [3.05, 3.63) is 72.2 Å². The predicted molar refractivity (Wildman–Crippen MR) is 136 cm³/mol. The molecule has 8 nitrogen and oxygen atoms in total. The molecule has 2 saturated heterocycles. The number of aromatic nitrogens is 4. The maximum Gasteiger partial charge on any atom is 0.154 e. The van der Waals surface area contributed by atoms with Crippen molar-refractivity contribution in [1.82, 2.24) is 19.6 Å². The second kappa shape index (κ2) is 9.48. The molecule has 0 radical (unpaired) electrons. The second-order valence-electron chi connectivity index (χ2n) is 9.49. The standard InChI is InChI=1S/C27H29FN6O2/c1-18-15-32(16-19(2)36-18)26-8-4-7-22(30-26)23-14-29-25-9-10-27(31-34(23)25)33-11-12-35-17-24(33)20-5-3-6-21(28)13-20/h3-10,13-14,18-19,24H,11-12,15-17H2,1-2H3. The van der Waals surface area contributed by atoms with E-state index in [0.29, 0.717) is 19.8 Å². The summed E-state index contributed by atoms with van der Waals surface area (Å²) >= 11 is 0. The first kappa shape index (κ1) is 22.9. The van der Waals surface area contributed by atoms with E-state index in [-0.39, 0.29) is 24.1 Å². The summed E-state index contributed by atoms with van der Waals surface area (Å²) in [6.07, 6.45) is 2.11. The summed E-state index contributed by atoms with van der Waals surface area (Å²) < 4.78 is 27.4. The molecule has 0 spiro atoms. The van der Waals surface area contributed by atoms with Crippen molar-refractivity contribution >= 4 is 17.3 Å². The summed E-state index contributed by atoms with van der Waals surface area (Å²) in [6, 6.07) is 16.5. The molecule has 9 heteroatoms. The lowest BCUT2D eigenvalue weighted by molar-refractivity contribution is -0.00545. The molecule has 2 fully saturated rings. The Morgan fingerprint density at radius 2 is 1.81 bits per heavy atom. The number of nitrogens with zero attached hydrogens (tertiary/aromatic N) is 6. The van der Waals surface area contributed by atoms with Crippen LogP contribution in [0.2, 0.25) is 0 Å². The molecule has 3 atom stereocenters. The van der Waals surface area contributed by atoms with Crippen molar-refractivity contribution in [1.29, 1.82) is 0 Å². The molecule has 1 aromatic carbocycles. The number of imidazole rings is 1. The number of anilines is 2. The molecule has 0 N–H and O–H groups in total. The van der Waals surface area contributed by atoms with Crippen molar-refractivity contribution < 1.29 is 13.9 Å². The monoisotopic (exact) mass is 488 g/mol. The smallest absolute Gasteiger partial charge is 0.154 e. The van der Waals surface area contributed by atoms with Gasteiger partial charge in [0.05, 0.1) is 43.4 Å². The van der Waals surface area contributed by atoms with E-state index in [0.717, 1.165) is 47.3 Å². The number of hydrogen-bond acceptors (Lipinski definition) is 7. The molecule has 186 valence electrons. The van der Waals surface area contributed by atoms with Gasteiger partial charge in [-0.3, -0.25) is 0 Å². The van der Waals surface area contributed by atoms with Gasteiger partial charge in [0, 0.05) is 19.6 Å². The number of morpholine rings is 2. The van der Waals surface area contributed by atoms with Gasteiger partial charge in [0.15, 0.2) is 5.65 Å². The molecule has 36 heavy (non-hydrogen) atoms. The van der Waals surface area contributed by atoms with Crippen LogP contribution in [0.3, 0.4) is 0 Å². The zero-order chi connectivity index (χ0) is 24.6. The zero-order valence-corrected chi connectivity index (χ0v) is 20.4. The fourth-order valence-electron chi connectivity index (χ4n) is 5.17. The quantitative estimate of drug-likeness (QED) is 0.428. The Morgan fingerprint density at radius 1 is 0.972 bits per heavy atom. The van der Waals surface area contributed by atoms with Gasteiger partial charge in [0.1, 0.15) is 23.1 Å². The van der Waals surface area contributed by atoms with Gasteiger partial charge in [-0.2, -0.15) is 0 Å². The van der Waals surface area contributed by atoms with Gasteiger partial charge in [-0.05, 0) is 55.8 Å². The van der Waals surface area contributed by atoms with Crippen LogP contribution >= 0.6 is 0 Å². The molecule has 0 bridgehead atoms. The summed E-state index contributed by atoms with van der Waals surface area (Å²) in [7, 11) is 0. The molecule has 2 aliphatic rings. The van der Waals surface area contributed by atoms with Crippen LogP contribution in [0.25, 0.3) is 17.0 Å². The largest absolute Gasteiger partial charge is 0.377 e. The summed E-state index contributed by atoms with van der Waals surface area (Å²) in [5.74, 6) is 1.44. The van der Waals surface area contributed by atoms with Crippen LogP contribution in [0.4, 0.5) is 16.0 Å². The third kappa shape index (κ3) is 4.40. The average molecular weight is 489 g/mol.